The molecule has 0 amide bonds. The Hall–Kier alpha value is -1.88. The Morgan fingerprint density at radius 2 is 2.28 bits per heavy atom. The van der Waals surface area contributed by atoms with Gasteiger partial charge in [-0.3, -0.25) is 0 Å². The normalized spacial score (nSPS) is 10.4. The van der Waals surface area contributed by atoms with Crippen LogP contribution in [0.5, 0.6) is 0 Å². The molecule has 2 aromatic rings. The van der Waals surface area contributed by atoms with Crippen LogP contribution in [0.2, 0.25) is 5.15 Å². The third-order valence-electron chi connectivity index (χ3n) is 2.21. The summed E-state index contributed by atoms with van der Waals surface area (Å²) in [6.07, 6.45) is 1.77. The minimum Gasteiger partial charge on any atom is -0.492 e. The summed E-state index contributed by atoms with van der Waals surface area (Å²) in [6, 6.07) is 3.47. The topological polar surface area (TPSA) is 52.8 Å². The molecule has 0 N–H and O–H groups in total. The Balaban J connectivity index is 2.41. The summed E-state index contributed by atoms with van der Waals surface area (Å²) in [4.78, 5) is 8.43. The van der Waals surface area contributed by atoms with Crippen molar-refractivity contribution in [2.24, 2.45) is 0 Å². The molecule has 0 aliphatic rings. The number of halogens is 1. The van der Waals surface area contributed by atoms with Crippen molar-refractivity contribution in [2.45, 2.75) is 13.8 Å². The molecule has 0 aliphatic carbocycles. The lowest BCUT2D eigenvalue weighted by molar-refractivity contribution is 0.297. The molecule has 0 fully saturated rings. The molecule has 6 heteroatoms. The number of rotatable bonds is 4. The van der Waals surface area contributed by atoms with E-state index < -0.39 is 0 Å². The number of ether oxygens (including phenoxy) is 1. The zero-order valence-corrected chi connectivity index (χ0v) is 11.0. The molecule has 0 spiro atoms. The first-order valence-corrected chi connectivity index (χ1v) is 5.87. The Kier molecular flexibility index (Phi) is 3.62. The highest BCUT2D eigenvalue weighted by Crippen LogP contribution is 2.17. The van der Waals surface area contributed by atoms with Crippen LogP contribution in [0.4, 0.5) is 0 Å². The van der Waals surface area contributed by atoms with Crippen LogP contribution in [0.1, 0.15) is 18.3 Å². The van der Waals surface area contributed by atoms with Crippen LogP contribution in [0.15, 0.2) is 24.9 Å². The summed E-state index contributed by atoms with van der Waals surface area (Å²) in [7, 11) is 0. The maximum absolute atomic E-state index is 5.96. The highest BCUT2D eigenvalue weighted by atomic mass is 35.5. The predicted molar refractivity (Wildman–Crippen MR) is 69.6 cm³/mol. The Bertz CT molecular complexity index is 579. The van der Waals surface area contributed by atoms with Crippen molar-refractivity contribution in [2.75, 3.05) is 6.61 Å². The van der Waals surface area contributed by atoms with Gasteiger partial charge in [0, 0.05) is 12.3 Å². The van der Waals surface area contributed by atoms with Gasteiger partial charge in [0.15, 0.2) is 0 Å². The fourth-order valence-electron chi connectivity index (χ4n) is 1.43. The Morgan fingerprint density at radius 1 is 1.50 bits per heavy atom. The first kappa shape index (κ1) is 12.6. The number of aryl methyl sites for hydroxylation is 1. The summed E-state index contributed by atoms with van der Waals surface area (Å²) in [5, 5.41) is 4.55. The highest BCUT2D eigenvalue weighted by molar-refractivity contribution is 6.29. The monoisotopic (exact) mass is 264 g/mol. The van der Waals surface area contributed by atoms with E-state index in [-0.39, 0.29) is 0 Å². The second kappa shape index (κ2) is 5.18. The summed E-state index contributed by atoms with van der Waals surface area (Å²) in [5.74, 6) is 0.860. The second-order valence-electron chi connectivity index (χ2n) is 3.63. The summed E-state index contributed by atoms with van der Waals surface area (Å²) < 4.78 is 6.87. The quantitative estimate of drug-likeness (QED) is 0.629. The smallest absolute Gasteiger partial charge is 0.252 e. The molecule has 94 valence electrons. The zero-order chi connectivity index (χ0) is 13.1. The maximum Gasteiger partial charge on any atom is 0.252 e. The lowest BCUT2D eigenvalue weighted by Crippen LogP contribution is -2.05. The van der Waals surface area contributed by atoms with Crippen molar-refractivity contribution in [1.82, 2.24) is 19.7 Å². The molecule has 5 nitrogen and oxygen atoms in total. The first-order valence-electron chi connectivity index (χ1n) is 5.49. The minimum atomic E-state index is 0.323. The highest BCUT2D eigenvalue weighted by Gasteiger charge is 2.09. The molecular formula is C12H13ClN4O. The summed E-state index contributed by atoms with van der Waals surface area (Å²) >= 11 is 5.96. The maximum atomic E-state index is 5.96. The fraction of sp³-hybridized carbons (Fsp3) is 0.250. The largest absolute Gasteiger partial charge is 0.492 e. The fourth-order valence-corrected chi connectivity index (χ4v) is 1.60. The van der Waals surface area contributed by atoms with E-state index in [0.29, 0.717) is 29.2 Å². The van der Waals surface area contributed by atoms with Gasteiger partial charge in [0.25, 0.3) is 5.95 Å². The van der Waals surface area contributed by atoms with Gasteiger partial charge in [0.05, 0.1) is 12.3 Å². The van der Waals surface area contributed by atoms with Crippen molar-refractivity contribution >= 4 is 17.4 Å². The number of hydrogen-bond acceptors (Lipinski definition) is 4. The molecule has 2 heterocycles. The van der Waals surface area contributed by atoms with Crippen molar-refractivity contribution in [1.29, 1.82) is 0 Å². The van der Waals surface area contributed by atoms with Crippen molar-refractivity contribution < 1.29 is 4.74 Å². The average Bonchev–Trinajstić information content (AvgIpc) is 2.75. The van der Waals surface area contributed by atoms with Gasteiger partial charge < -0.3 is 4.74 Å². The molecule has 0 aliphatic heterocycles. The molecule has 0 atom stereocenters. The van der Waals surface area contributed by atoms with Gasteiger partial charge in [0.1, 0.15) is 16.6 Å². The molecule has 0 saturated heterocycles. The molecule has 2 aromatic heterocycles. The Morgan fingerprint density at radius 3 is 2.89 bits per heavy atom. The van der Waals surface area contributed by atoms with Crippen LogP contribution in [-0.2, 0) is 4.74 Å². The number of hydrogen-bond donors (Lipinski definition) is 0. The van der Waals surface area contributed by atoms with Gasteiger partial charge >= 0.3 is 0 Å². The third-order valence-corrected chi connectivity index (χ3v) is 2.41. The van der Waals surface area contributed by atoms with E-state index in [2.05, 4.69) is 21.6 Å². The molecule has 0 bridgehead atoms. The van der Waals surface area contributed by atoms with Crippen LogP contribution in [0.3, 0.4) is 0 Å². The van der Waals surface area contributed by atoms with Crippen LogP contribution < -0.4 is 0 Å². The molecule has 18 heavy (non-hydrogen) atoms. The minimum absolute atomic E-state index is 0.323. The lowest BCUT2D eigenvalue weighted by Gasteiger charge is -2.08. The summed E-state index contributed by atoms with van der Waals surface area (Å²) in [6.45, 7) is 8.09. The molecule has 0 saturated carbocycles. The number of aromatic nitrogens is 4. The zero-order valence-electron chi connectivity index (χ0n) is 10.2. The van der Waals surface area contributed by atoms with Gasteiger partial charge in [-0.05, 0) is 19.9 Å². The second-order valence-corrected chi connectivity index (χ2v) is 4.02. The van der Waals surface area contributed by atoms with Crippen LogP contribution in [0.25, 0.3) is 11.7 Å². The molecule has 0 unspecified atom stereocenters. The van der Waals surface area contributed by atoms with Gasteiger partial charge in [-0.1, -0.05) is 18.2 Å². The van der Waals surface area contributed by atoms with Crippen LogP contribution in [0, 0.1) is 6.92 Å². The summed E-state index contributed by atoms with van der Waals surface area (Å²) in [5.41, 5.74) is 1.43. The van der Waals surface area contributed by atoms with E-state index in [9.17, 15) is 0 Å². The third kappa shape index (κ3) is 2.68. The lowest BCUT2D eigenvalue weighted by atomic mass is 10.3. The number of nitrogens with zero attached hydrogens (tertiary/aromatic N) is 4. The molecular weight excluding hydrogens is 252 g/mol. The molecule has 0 radical (unpaired) electrons. The van der Waals surface area contributed by atoms with Crippen molar-refractivity contribution in [3.05, 3.63) is 41.4 Å². The van der Waals surface area contributed by atoms with Gasteiger partial charge in [-0.25, -0.2) is 9.67 Å². The van der Waals surface area contributed by atoms with E-state index in [0.717, 1.165) is 5.69 Å². The van der Waals surface area contributed by atoms with Gasteiger partial charge in [-0.15, -0.1) is 0 Å². The van der Waals surface area contributed by atoms with Gasteiger partial charge in [0.2, 0.25) is 0 Å². The van der Waals surface area contributed by atoms with E-state index >= 15 is 0 Å². The average molecular weight is 265 g/mol. The molecule has 2 rings (SSSR count). The van der Waals surface area contributed by atoms with Crippen LogP contribution >= 0.6 is 11.6 Å². The van der Waals surface area contributed by atoms with E-state index in [4.69, 9.17) is 16.3 Å². The van der Waals surface area contributed by atoms with E-state index in [1.807, 2.05) is 19.9 Å². The van der Waals surface area contributed by atoms with Crippen molar-refractivity contribution in [3.8, 4) is 5.95 Å². The van der Waals surface area contributed by atoms with E-state index in [1.54, 1.807) is 16.9 Å². The standard InChI is InChI=1S/C12H13ClN4O/c1-4-18-9(3)10-7-11(13)15-12(14-10)17-6-5-8(2)16-17/h5-7H,3-4H2,1-2H3. The predicted octanol–water partition coefficient (Wildman–Crippen LogP) is 2.63. The van der Waals surface area contributed by atoms with Gasteiger partial charge in [-0.2, -0.15) is 10.1 Å². The Labute approximate surface area is 110 Å². The van der Waals surface area contributed by atoms with Crippen LogP contribution in [-0.4, -0.2) is 26.4 Å². The van der Waals surface area contributed by atoms with Crippen molar-refractivity contribution in [3.63, 3.8) is 0 Å². The SMILES string of the molecule is C=C(OCC)c1cc(Cl)nc(-n2ccc(C)n2)n1. The first-order chi connectivity index (χ1) is 8.60. The van der Waals surface area contributed by atoms with E-state index in [1.165, 1.54) is 0 Å². The molecule has 0 aromatic carbocycles.